The van der Waals surface area contributed by atoms with E-state index in [9.17, 15) is 4.79 Å². The Morgan fingerprint density at radius 3 is 2.24 bits per heavy atom. The van der Waals surface area contributed by atoms with E-state index >= 15 is 0 Å². The summed E-state index contributed by atoms with van der Waals surface area (Å²) < 4.78 is 0. The molecule has 0 spiro atoms. The highest BCUT2D eigenvalue weighted by molar-refractivity contribution is 5.84. The standard InChI is InChI=1S/C18H34N2O/c1-17(2,3)14-8-7-12-18(13-11-14,16(19)21)20-15-9-5-4-6-10-15/h14-15,20H,4-13H2,1-3H3,(H2,19,21). The van der Waals surface area contributed by atoms with Gasteiger partial charge in [-0.15, -0.1) is 0 Å². The highest BCUT2D eigenvalue weighted by Gasteiger charge is 2.41. The van der Waals surface area contributed by atoms with Crippen molar-refractivity contribution in [3.8, 4) is 0 Å². The second-order valence-electron chi connectivity index (χ2n) is 8.42. The molecule has 0 bridgehead atoms. The molecule has 2 atom stereocenters. The molecule has 2 rings (SSSR count). The van der Waals surface area contributed by atoms with Crippen molar-refractivity contribution in [3.63, 3.8) is 0 Å². The molecule has 0 saturated heterocycles. The van der Waals surface area contributed by atoms with E-state index in [-0.39, 0.29) is 5.91 Å². The van der Waals surface area contributed by atoms with Gasteiger partial charge in [0, 0.05) is 6.04 Å². The second-order valence-corrected chi connectivity index (χ2v) is 8.42. The summed E-state index contributed by atoms with van der Waals surface area (Å²) in [5.74, 6) is 0.578. The number of amides is 1. The SMILES string of the molecule is CC(C)(C)C1CCCC(NC2CCCCC2)(C(N)=O)CC1. The maximum Gasteiger partial charge on any atom is 0.237 e. The number of nitrogens with one attached hydrogen (secondary N) is 1. The summed E-state index contributed by atoms with van der Waals surface area (Å²) in [4.78, 5) is 12.2. The molecule has 0 heterocycles. The van der Waals surface area contributed by atoms with Crippen LogP contribution >= 0.6 is 0 Å². The van der Waals surface area contributed by atoms with Crippen LogP contribution in [0, 0.1) is 11.3 Å². The van der Waals surface area contributed by atoms with E-state index in [1.165, 1.54) is 38.5 Å². The smallest absolute Gasteiger partial charge is 0.237 e. The maximum atomic E-state index is 12.2. The summed E-state index contributed by atoms with van der Waals surface area (Å²) in [6.07, 6.45) is 11.6. The molecule has 0 radical (unpaired) electrons. The first-order chi connectivity index (χ1) is 9.83. The Balaban J connectivity index is 2.05. The average Bonchev–Trinajstić information content (AvgIpc) is 2.63. The molecular formula is C18H34N2O. The molecule has 0 aromatic rings. The van der Waals surface area contributed by atoms with Gasteiger partial charge in [0.05, 0.1) is 5.54 Å². The van der Waals surface area contributed by atoms with Gasteiger partial charge in [-0.1, -0.05) is 46.5 Å². The Bertz CT molecular complexity index is 355. The molecule has 0 aliphatic heterocycles. The molecule has 2 aliphatic rings. The predicted octanol–water partition coefficient (Wildman–Crippen LogP) is 3.76. The normalized spacial score (nSPS) is 32.6. The first-order valence-electron chi connectivity index (χ1n) is 8.91. The lowest BCUT2D eigenvalue weighted by Gasteiger charge is -2.37. The minimum absolute atomic E-state index is 0.123. The molecule has 2 fully saturated rings. The van der Waals surface area contributed by atoms with Crippen LogP contribution < -0.4 is 11.1 Å². The molecule has 122 valence electrons. The van der Waals surface area contributed by atoms with E-state index in [1.54, 1.807) is 0 Å². The van der Waals surface area contributed by atoms with Crippen LogP contribution in [-0.2, 0) is 4.79 Å². The van der Waals surface area contributed by atoms with Crippen molar-refractivity contribution in [2.75, 3.05) is 0 Å². The van der Waals surface area contributed by atoms with Gasteiger partial charge in [0.2, 0.25) is 5.91 Å². The van der Waals surface area contributed by atoms with Crippen molar-refractivity contribution in [1.82, 2.24) is 5.32 Å². The summed E-state index contributed by atoms with van der Waals surface area (Å²) in [6, 6.07) is 0.498. The third-order valence-electron chi connectivity index (χ3n) is 5.86. The van der Waals surface area contributed by atoms with Crippen molar-refractivity contribution in [3.05, 3.63) is 0 Å². The third-order valence-corrected chi connectivity index (χ3v) is 5.86. The average molecular weight is 294 g/mol. The zero-order chi connectivity index (χ0) is 15.5. The first kappa shape index (κ1) is 16.8. The summed E-state index contributed by atoms with van der Waals surface area (Å²) in [5.41, 5.74) is 5.73. The molecule has 2 aliphatic carbocycles. The van der Waals surface area contributed by atoms with Gasteiger partial charge in [0.25, 0.3) is 0 Å². The second kappa shape index (κ2) is 6.68. The number of carbonyl (C=O) groups excluding carboxylic acids is 1. The lowest BCUT2D eigenvalue weighted by Crippen LogP contribution is -2.58. The van der Waals surface area contributed by atoms with E-state index in [2.05, 4.69) is 26.1 Å². The Hall–Kier alpha value is -0.570. The van der Waals surface area contributed by atoms with Crippen LogP contribution in [0.1, 0.15) is 85.0 Å². The minimum atomic E-state index is -0.442. The fourth-order valence-corrected chi connectivity index (χ4v) is 4.31. The van der Waals surface area contributed by atoms with Gasteiger partial charge < -0.3 is 11.1 Å². The number of carbonyl (C=O) groups is 1. The molecule has 3 heteroatoms. The van der Waals surface area contributed by atoms with Crippen molar-refractivity contribution in [1.29, 1.82) is 0 Å². The molecule has 3 nitrogen and oxygen atoms in total. The van der Waals surface area contributed by atoms with Crippen LogP contribution in [0.4, 0.5) is 0 Å². The quantitative estimate of drug-likeness (QED) is 0.779. The number of nitrogens with two attached hydrogens (primary N) is 1. The van der Waals surface area contributed by atoms with E-state index in [0.29, 0.717) is 17.4 Å². The largest absolute Gasteiger partial charge is 0.368 e. The van der Waals surface area contributed by atoms with Crippen LogP contribution in [-0.4, -0.2) is 17.5 Å². The van der Waals surface area contributed by atoms with Crippen molar-refractivity contribution in [2.45, 2.75) is 96.6 Å². The Labute approximate surface area is 130 Å². The number of rotatable bonds is 3. The van der Waals surface area contributed by atoms with Crippen molar-refractivity contribution < 1.29 is 4.79 Å². The summed E-state index contributed by atoms with van der Waals surface area (Å²) in [5, 5.41) is 3.71. The maximum absolute atomic E-state index is 12.2. The topological polar surface area (TPSA) is 55.1 Å². The third kappa shape index (κ3) is 4.21. The fourth-order valence-electron chi connectivity index (χ4n) is 4.31. The molecule has 2 saturated carbocycles. The fraction of sp³-hybridized carbons (Fsp3) is 0.944. The van der Waals surface area contributed by atoms with Gasteiger partial charge in [-0.2, -0.15) is 0 Å². The van der Waals surface area contributed by atoms with Gasteiger partial charge >= 0.3 is 0 Å². The van der Waals surface area contributed by atoms with E-state index in [1.807, 2.05) is 0 Å². The van der Waals surface area contributed by atoms with Gasteiger partial charge in [-0.05, 0) is 49.9 Å². The minimum Gasteiger partial charge on any atom is -0.368 e. The van der Waals surface area contributed by atoms with Crippen LogP contribution in [0.15, 0.2) is 0 Å². The summed E-state index contributed by atoms with van der Waals surface area (Å²) in [6.45, 7) is 6.97. The van der Waals surface area contributed by atoms with Gasteiger partial charge in [-0.25, -0.2) is 0 Å². The molecule has 3 N–H and O–H groups in total. The number of primary amides is 1. The summed E-state index contributed by atoms with van der Waals surface area (Å²) in [7, 11) is 0. The van der Waals surface area contributed by atoms with Gasteiger partial charge in [-0.3, -0.25) is 4.79 Å². The van der Waals surface area contributed by atoms with Crippen LogP contribution in [0.3, 0.4) is 0 Å². The predicted molar refractivity (Wildman–Crippen MR) is 88.0 cm³/mol. The highest BCUT2D eigenvalue weighted by atomic mass is 16.1. The Morgan fingerprint density at radius 2 is 1.67 bits per heavy atom. The van der Waals surface area contributed by atoms with Gasteiger partial charge in [0.15, 0.2) is 0 Å². The zero-order valence-electron chi connectivity index (χ0n) is 14.2. The van der Waals surface area contributed by atoms with Crippen molar-refractivity contribution >= 4 is 5.91 Å². The van der Waals surface area contributed by atoms with Crippen LogP contribution in [0.25, 0.3) is 0 Å². The Kier molecular flexibility index (Phi) is 5.34. The first-order valence-corrected chi connectivity index (χ1v) is 8.91. The molecule has 0 aromatic heterocycles. The molecule has 1 amide bonds. The zero-order valence-corrected chi connectivity index (χ0v) is 14.2. The number of hydrogen-bond acceptors (Lipinski definition) is 2. The monoisotopic (exact) mass is 294 g/mol. The lowest BCUT2D eigenvalue weighted by atomic mass is 9.76. The van der Waals surface area contributed by atoms with Crippen molar-refractivity contribution in [2.24, 2.45) is 17.1 Å². The van der Waals surface area contributed by atoms with E-state index < -0.39 is 5.54 Å². The molecule has 2 unspecified atom stereocenters. The molecule has 0 aromatic carbocycles. The highest BCUT2D eigenvalue weighted by Crippen LogP contribution is 2.40. The lowest BCUT2D eigenvalue weighted by molar-refractivity contribution is -0.125. The summed E-state index contributed by atoms with van der Waals surface area (Å²) >= 11 is 0. The van der Waals surface area contributed by atoms with E-state index in [4.69, 9.17) is 5.73 Å². The molecule has 21 heavy (non-hydrogen) atoms. The Morgan fingerprint density at radius 1 is 1.00 bits per heavy atom. The van der Waals surface area contributed by atoms with E-state index in [0.717, 1.165) is 25.7 Å². The van der Waals surface area contributed by atoms with Gasteiger partial charge in [0.1, 0.15) is 0 Å². The molecular weight excluding hydrogens is 260 g/mol. The van der Waals surface area contributed by atoms with Crippen LogP contribution in [0.2, 0.25) is 0 Å². The van der Waals surface area contributed by atoms with Crippen LogP contribution in [0.5, 0.6) is 0 Å². The number of hydrogen-bond donors (Lipinski definition) is 2.